The van der Waals surface area contributed by atoms with Gasteiger partial charge in [0.2, 0.25) is 20.0 Å². The van der Waals surface area contributed by atoms with E-state index in [4.69, 9.17) is 0 Å². The van der Waals surface area contributed by atoms with Gasteiger partial charge >= 0.3 is 0 Å². The second-order valence-electron chi connectivity index (χ2n) is 7.07. The smallest absolute Gasteiger partial charge is 0.254 e. The van der Waals surface area contributed by atoms with Crippen molar-refractivity contribution in [1.29, 1.82) is 0 Å². The van der Waals surface area contributed by atoms with Crippen molar-refractivity contribution >= 4 is 26.0 Å². The minimum Gasteiger partial charge on any atom is -0.334 e. The van der Waals surface area contributed by atoms with Crippen molar-refractivity contribution in [1.82, 2.24) is 14.3 Å². The highest BCUT2D eigenvalue weighted by Crippen LogP contribution is 2.20. The zero-order valence-electron chi connectivity index (χ0n) is 15.8. The van der Waals surface area contributed by atoms with Crippen LogP contribution in [0.2, 0.25) is 0 Å². The van der Waals surface area contributed by atoms with Crippen LogP contribution in [0, 0.1) is 0 Å². The quantitative estimate of drug-likeness (QED) is 0.685. The molecule has 1 aromatic rings. The first-order valence-electron chi connectivity index (χ1n) is 8.87. The summed E-state index contributed by atoms with van der Waals surface area (Å²) in [5, 5.41) is 0. The van der Waals surface area contributed by atoms with Crippen LogP contribution in [0.3, 0.4) is 0 Å². The van der Waals surface area contributed by atoms with Gasteiger partial charge in [-0.25, -0.2) is 26.3 Å². The van der Waals surface area contributed by atoms with Gasteiger partial charge in [0.1, 0.15) is 0 Å². The lowest BCUT2D eigenvalue weighted by Gasteiger charge is -2.35. The maximum Gasteiger partial charge on any atom is 0.254 e. The van der Waals surface area contributed by atoms with Gasteiger partial charge in [-0.15, -0.1) is 0 Å². The number of benzene rings is 1. The number of sulfonamides is 2. The number of piperidine rings is 1. The third kappa shape index (κ3) is 6.27. The molecule has 0 radical (unpaired) electrons. The summed E-state index contributed by atoms with van der Waals surface area (Å²) in [4.78, 5) is 14.6. The summed E-state index contributed by atoms with van der Waals surface area (Å²) < 4.78 is 52.0. The van der Waals surface area contributed by atoms with Crippen LogP contribution in [0.1, 0.15) is 43.5 Å². The molecule has 27 heavy (non-hydrogen) atoms. The number of carbonyl (C=O) groups excluding carboxylic acids is 1. The zero-order chi connectivity index (χ0) is 20.2. The Kier molecular flexibility index (Phi) is 7.01. The van der Waals surface area contributed by atoms with Crippen LogP contribution in [-0.2, 0) is 20.0 Å². The van der Waals surface area contributed by atoms with E-state index in [1.807, 2.05) is 0 Å². The highest BCUT2D eigenvalue weighted by Gasteiger charge is 2.28. The van der Waals surface area contributed by atoms with Crippen molar-refractivity contribution in [2.75, 3.05) is 19.3 Å². The summed E-state index contributed by atoms with van der Waals surface area (Å²) in [5.41, 5.74) is 0.379. The lowest BCUT2D eigenvalue weighted by Crippen LogP contribution is -2.49. The minimum absolute atomic E-state index is 0.0988. The first-order chi connectivity index (χ1) is 12.5. The van der Waals surface area contributed by atoms with Crippen molar-refractivity contribution in [3.63, 3.8) is 0 Å². The lowest BCUT2D eigenvalue weighted by molar-refractivity contribution is 0.0618. The molecule has 1 aromatic carbocycles. The van der Waals surface area contributed by atoms with Gasteiger partial charge in [-0.3, -0.25) is 4.79 Å². The number of nitrogens with zero attached hydrogens (tertiary/aromatic N) is 1. The number of amides is 1. The van der Waals surface area contributed by atoms with Crippen molar-refractivity contribution in [2.45, 2.75) is 50.1 Å². The number of hydrogen-bond donors (Lipinski definition) is 2. The molecule has 152 valence electrons. The molecule has 1 aliphatic heterocycles. The largest absolute Gasteiger partial charge is 0.334 e. The van der Waals surface area contributed by atoms with Gasteiger partial charge in [-0.05, 0) is 57.4 Å². The Hall–Kier alpha value is -1.49. The van der Waals surface area contributed by atoms with E-state index in [1.54, 1.807) is 18.7 Å². The molecule has 1 saturated heterocycles. The number of rotatable bonds is 7. The van der Waals surface area contributed by atoms with Crippen LogP contribution in [-0.4, -0.2) is 59.1 Å². The SMILES string of the molecule is CC(C)NS(=O)(=O)c1ccc(C(=O)N2CCCCC2CNS(C)(=O)=O)cc1. The number of nitrogens with one attached hydrogen (secondary N) is 2. The standard InChI is InChI=1S/C17H27N3O5S2/c1-13(2)19-27(24,25)16-9-7-14(8-10-16)17(21)20-11-5-4-6-15(20)12-18-26(3,22)23/h7-10,13,15,18-19H,4-6,11-12H2,1-3H3. The zero-order valence-corrected chi connectivity index (χ0v) is 17.4. The highest BCUT2D eigenvalue weighted by molar-refractivity contribution is 7.89. The molecule has 1 amide bonds. The average Bonchev–Trinajstić information content (AvgIpc) is 2.58. The second kappa shape index (κ2) is 8.68. The number of hydrogen-bond acceptors (Lipinski definition) is 5. The molecular weight excluding hydrogens is 390 g/mol. The van der Waals surface area contributed by atoms with Crippen LogP contribution < -0.4 is 9.44 Å². The Morgan fingerprint density at radius 2 is 1.78 bits per heavy atom. The molecular formula is C17H27N3O5S2. The molecule has 0 aromatic heterocycles. The predicted octanol–water partition coefficient (Wildman–Crippen LogP) is 0.917. The van der Waals surface area contributed by atoms with E-state index < -0.39 is 20.0 Å². The molecule has 1 atom stereocenters. The van der Waals surface area contributed by atoms with Crippen LogP contribution >= 0.6 is 0 Å². The molecule has 2 N–H and O–H groups in total. The lowest BCUT2D eigenvalue weighted by atomic mass is 10.0. The highest BCUT2D eigenvalue weighted by atomic mass is 32.2. The van der Waals surface area contributed by atoms with Crippen molar-refractivity contribution in [3.05, 3.63) is 29.8 Å². The number of likely N-dealkylation sites (tertiary alicyclic amines) is 1. The topological polar surface area (TPSA) is 113 Å². The minimum atomic E-state index is -3.61. The van der Waals surface area contributed by atoms with Crippen LogP contribution in [0.4, 0.5) is 0 Å². The number of carbonyl (C=O) groups is 1. The molecule has 0 spiro atoms. The monoisotopic (exact) mass is 417 g/mol. The van der Waals surface area contributed by atoms with E-state index >= 15 is 0 Å². The van der Waals surface area contributed by atoms with Gasteiger partial charge in [0, 0.05) is 30.7 Å². The maximum absolute atomic E-state index is 12.9. The fourth-order valence-corrected chi connectivity index (χ4v) is 4.79. The summed E-state index contributed by atoms with van der Waals surface area (Å²) in [6.07, 6.45) is 3.59. The van der Waals surface area contributed by atoms with Crippen molar-refractivity contribution in [3.8, 4) is 0 Å². The molecule has 8 nitrogen and oxygen atoms in total. The predicted molar refractivity (Wildman–Crippen MR) is 103 cm³/mol. The van der Waals surface area contributed by atoms with Crippen LogP contribution in [0.5, 0.6) is 0 Å². The van der Waals surface area contributed by atoms with Crippen molar-refractivity contribution < 1.29 is 21.6 Å². The Labute approximate surface area is 161 Å². The molecule has 0 saturated carbocycles. The van der Waals surface area contributed by atoms with Crippen LogP contribution in [0.15, 0.2) is 29.2 Å². The van der Waals surface area contributed by atoms with Gasteiger partial charge in [-0.2, -0.15) is 0 Å². The second-order valence-corrected chi connectivity index (χ2v) is 10.6. The van der Waals surface area contributed by atoms with Gasteiger partial charge in [0.25, 0.3) is 5.91 Å². The molecule has 2 rings (SSSR count). The fraction of sp³-hybridized carbons (Fsp3) is 0.588. The van der Waals surface area contributed by atoms with Crippen molar-refractivity contribution in [2.24, 2.45) is 0 Å². The maximum atomic E-state index is 12.9. The summed E-state index contributed by atoms with van der Waals surface area (Å²) in [6.45, 7) is 4.19. The molecule has 1 unspecified atom stereocenters. The molecule has 1 fully saturated rings. The first-order valence-corrected chi connectivity index (χ1v) is 12.2. The van der Waals surface area contributed by atoms with E-state index in [0.29, 0.717) is 12.1 Å². The van der Waals surface area contributed by atoms with E-state index in [9.17, 15) is 21.6 Å². The van der Waals surface area contributed by atoms with E-state index in [1.165, 1.54) is 24.3 Å². The van der Waals surface area contributed by atoms with Gasteiger partial charge in [0.15, 0.2) is 0 Å². The molecule has 1 heterocycles. The summed E-state index contributed by atoms with van der Waals surface area (Å²) in [7, 11) is -6.95. The third-order valence-corrected chi connectivity index (χ3v) is 6.64. The van der Waals surface area contributed by atoms with Crippen LogP contribution in [0.25, 0.3) is 0 Å². The fourth-order valence-electron chi connectivity index (χ4n) is 3.05. The van der Waals surface area contributed by atoms with E-state index in [2.05, 4.69) is 9.44 Å². The molecule has 0 bridgehead atoms. The van der Waals surface area contributed by atoms with E-state index in [0.717, 1.165) is 25.5 Å². The molecule has 0 aliphatic carbocycles. The Morgan fingerprint density at radius 1 is 1.15 bits per heavy atom. The van der Waals surface area contributed by atoms with E-state index in [-0.39, 0.29) is 29.4 Å². The van der Waals surface area contributed by atoms with Gasteiger partial charge < -0.3 is 4.90 Å². The average molecular weight is 418 g/mol. The van der Waals surface area contributed by atoms with Gasteiger partial charge in [-0.1, -0.05) is 0 Å². The van der Waals surface area contributed by atoms with Gasteiger partial charge in [0.05, 0.1) is 11.2 Å². The summed E-state index contributed by atoms with van der Waals surface area (Å²) in [5.74, 6) is -0.226. The third-order valence-electron chi connectivity index (χ3n) is 4.27. The Balaban J connectivity index is 2.15. The summed E-state index contributed by atoms with van der Waals surface area (Å²) >= 11 is 0. The Bertz CT molecular complexity index is 864. The molecule has 1 aliphatic rings. The first kappa shape index (κ1) is 21.8. The normalized spacial score (nSPS) is 18.7. The Morgan fingerprint density at radius 3 is 2.33 bits per heavy atom. The summed E-state index contributed by atoms with van der Waals surface area (Å²) in [6, 6.07) is 5.36. The molecule has 10 heteroatoms.